The summed E-state index contributed by atoms with van der Waals surface area (Å²) in [5.74, 6) is 0.710. The van der Waals surface area contributed by atoms with Gasteiger partial charge in [-0.2, -0.15) is 0 Å². The Morgan fingerprint density at radius 2 is 2.15 bits per heavy atom. The molecule has 1 rings (SSSR count). The summed E-state index contributed by atoms with van der Waals surface area (Å²) in [7, 11) is 1.62. The number of ether oxygens (including phenoxy) is 1. The average Bonchev–Trinajstić information content (AvgIpc) is 2.46. The summed E-state index contributed by atoms with van der Waals surface area (Å²) in [5, 5.41) is 11.9. The minimum absolute atomic E-state index is 0.0568. The van der Waals surface area contributed by atoms with Crippen LogP contribution in [0.1, 0.15) is 25.5 Å². The number of hydrogen-bond donors (Lipinski definition) is 2. The van der Waals surface area contributed by atoms with E-state index in [2.05, 4.69) is 5.32 Å². The molecule has 0 aliphatic carbocycles. The number of nitrogens with one attached hydrogen (secondary N) is 1. The first-order valence-electron chi connectivity index (χ1n) is 6.87. The number of methoxy groups -OCH3 is 1. The lowest BCUT2D eigenvalue weighted by molar-refractivity contribution is -0.122. The van der Waals surface area contributed by atoms with Crippen molar-refractivity contribution in [1.82, 2.24) is 10.2 Å². The number of benzene rings is 1. The molecule has 0 aliphatic heterocycles. The van der Waals surface area contributed by atoms with Crippen molar-refractivity contribution in [3.05, 3.63) is 29.8 Å². The molecule has 2 N–H and O–H groups in total. The normalized spacial score (nSPS) is 12.2. The average molecular weight is 280 g/mol. The zero-order chi connectivity index (χ0) is 15.0. The quantitative estimate of drug-likeness (QED) is 0.751. The van der Waals surface area contributed by atoms with Crippen LogP contribution in [0.5, 0.6) is 5.75 Å². The maximum atomic E-state index is 12.0. The van der Waals surface area contributed by atoms with Crippen LogP contribution >= 0.6 is 0 Å². The Morgan fingerprint density at radius 3 is 2.75 bits per heavy atom. The molecule has 0 aromatic heterocycles. The van der Waals surface area contributed by atoms with E-state index in [9.17, 15) is 4.79 Å². The Bertz CT molecular complexity index is 423. The van der Waals surface area contributed by atoms with E-state index in [-0.39, 0.29) is 25.1 Å². The summed E-state index contributed by atoms with van der Waals surface area (Å²) in [6.07, 6.45) is 0. The van der Waals surface area contributed by atoms with E-state index in [1.54, 1.807) is 7.11 Å². The Morgan fingerprint density at radius 1 is 1.45 bits per heavy atom. The van der Waals surface area contributed by atoms with Crippen molar-refractivity contribution in [3.8, 4) is 5.75 Å². The van der Waals surface area contributed by atoms with Gasteiger partial charge in [0, 0.05) is 12.1 Å². The first-order valence-corrected chi connectivity index (χ1v) is 6.87. The van der Waals surface area contributed by atoms with Gasteiger partial charge < -0.3 is 15.2 Å². The first kappa shape index (κ1) is 16.5. The van der Waals surface area contributed by atoms with Crippen LogP contribution in [0, 0.1) is 0 Å². The third kappa shape index (κ3) is 4.83. The predicted octanol–water partition coefficient (Wildman–Crippen LogP) is 1.19. The molecule has 5 heteroatoms. The Kier molecular flexibility index (Phi) is 7.04. The highest BCUT2D eigenvalue weighted by atomic mass is 16.5. The van der Waals surface area contributed by atoms with Gasteiger partial charge in [0.1, 0.15) is 5.75 Å². The number of likely N-dealkylation sites (N-methyl/N-ethyl adjacent to an activating group) is 1. The molecule has 0 saturated carbocycles. The molecule has 20 heavy (non-hydrogen) atoms. The molecule has 112 valence electrons. The highest BCUT2D eigenvalue weighted by Crippen LogP contribution is 2.24. The van der Waals surface area contributed by atoms with Crippen LogP contribution in [0.15, 0.2) is 24.3 Å². The molecule has 0 fully saturated rings. The number of aliphatic hydroxyl groups excluding tert-OH is 1. The Labute approximate surface area is 120 Å². The van der Waals surface area contributed by atoms with E-state index in [4.69, 9.17) is 9.84 Å². The summed E-state index contributed by atoms with van der Waals surface area (Å²) in [5.41, 5.74) is 0.952. The summed E-state index contributed by atoms with van der Waals surface area (Å²) in [4.78, 5) is 13.9. The van der Waals surface area contributed by atoms with Gasteiger partial charge in [0.05, 0.1) is 26.3 Å². The van der Waals surface area contributed by atoms with E-state index in [1.807, 2.05) is 43.0 Å². The smallest absolute Gasteiger partial charge is 0.234 e. The zero-order valence-electron chi connectivity index (χ0n) is 12.4. The summed E-state index contributed by atoms with van der Waals surface area (Å²) < 4.78 is 5.29. The molecule has 1 atom stereocenters. The molecule has 1 aromatic rings. The van der Waals surface area contributed by atoms with Crippen molar-refractivity contribution < 1.29 is 14.6 Å². The molecule has 1 unspecified atom stereocenters. The third-order valence-corrected chi connectivity index (χ3v) is 3.21. The van der Waals surface area contributed by atoms with E-state index >= 15 is 0 Å². The number of carbonyl (C=O) groups is 1. The maximum Gasteiger partial charge on any atom is 0.234 e. The molecule has 1 aromatic carbocycles. The van der Waals surface area contributed by atoms with Crippen LogP contribution in [0.2, 0.25) is 0 Å². The lowest BCUT2D eigenvalue weighted by Crippen LogP contribution is -2.39. The van der Waals surface area contributed by atoms with Gasteiger partial charge in [0.2, 0.25) is 5.91 Å². The van der Waals surface area contributed by atoms with Crippen LogP contribution in [-0.2, 0) is 4.79 Å². The zero-order valence-corrected chi connectivity index (χ0v) is 12.4. The predicted molar refractivity (Wildman–Crippen MR) is 78.8 cm³/mol. The second-order valence-electron chi connectivity index (χ2n) is 4.62. The van der Waals surface area contributed by atoms with Crippen LogP contribution in [0.25, 0.3) is 0 Å². The van der Waals surface area contributed by atoms with Gasteiger partial charge in [-0.15, -0.1) is 0 Å². The number of hydrogen-bond acceptors (Lipinski definition) is 4. The maximum absolute atomic E-state index is 12.0. The Hall–Kier alpha value is -1.59. The molecule has 0 radical (unpaired) electrons. The fraction of sp³-hybridized carbons (Fsp3) is 0.533. The van der Waals surface area contributed by atoms with Crippen molar-refractivity contribution in [2.75, 3.05) is 33.4 Å². The van der Waals surface area contributed by atoms with Gasteiger partial charge in [-0.05, 0) is 19.5 Å². The molecule has 0 aliphatic rings. The van der Waals surface area contributed by atoms with Crippen LogP contribution in [-0.4, -0.2) is 49.3 Å². The summed E-state index contributed by atoms with van der Waals surface area (Å²) in [6.45, 7) is 5.48. The molecular formula is C15H24N2O3. The highest BCUT2D eigenvalue weighted by Gasteiger charge is 2.15. The van der Waals surface area contributed by atoms with E-state index < -0.39 is 0 Å². The van der Waals surface area contributed by atoms with Gasteiger partial charge in [-0.3, -0.25) is 9.69 Å². The Balaban J connectivity index is 2.61. The van der Waals surface area contributed by atoms with Crippen molar-refractivity contribution in [3.63, 3.8) is 0 Å². The lowest BCUT2D eigenvalue weighted by Gasteiger charge is -2.21. The minimum atomic E-state index is -0.119. The third-order valence-electron chi connectivity index (χ3n) is 3.21. The molecular weight excluding hydrogens is 256 g/mol. The second-order valence-corrected chi connectivity index (χ2v) is 4.62. The SMILES string of the molecule is CCN(CCO)CC(=O)NC(C)c1ccccc1OC. The van der Waals surface area contributed by atoms with Gasteiger partial charge in [-0.25, -0.2) is 0 Å². The summed E-state index contributed by atoms with van der Waals surface area (Å²) in [6, 6.07) is 7.52. The van der Waals surface area contributed by atoms with Crippen molar-refractivity contribution >= 4 is 5.91 Å². The fourth-order valence-electron chi connectivity index (χ4n) is 2.08. The summed E-state index contributed by atoms with van der Waals surface area (Å²) >= 11 is 0. The fourth-order valence-corrected chi connectivity index (χ4v) is 2.08. The molecule has 0 heterocycles. The first-order chi connectivity index (χ1) is 9.62. The van der Waals surface area contributed by atoms with Gasteiger partial charge in [0.25, 0.3) is 0 Å². The highest BCUT2D eigenvalue weighted by molar-refractivity contribution is 5.78. The van der Waals surface area contributed by atoms with E-state index in [1.165, 1.54) is 0 Å². The van der Waals surface area contributed by atoms with Crippen LogP contribution in [0.3, 0.4) is 0 Å². The molecule has 0 bridgehead atoms. The monoisotopic (exact) mass is 280 g/mol. The second kappa shape index (κ2) is 8.55. The number of para-hydroxylation sites is 1. The molecule has 5 nitrogen and oxygen atoms in total. The van der Waals surface area contributed by atoms with Crippen molar-refractivity contribution in [2.24, 2.45) is 0 Å². The number of carbonyl (C=O) groups excluding carboxylic acids is 1. The van der Waals surface area contributed by atoms with Gasteiger partial charge in [-0.1, -0.05) is 25.1 Å². The number of aliphatic hydroxyl groups is 1. The van der Waals surface area contributed by atoms with Crippen LogP contribution in [0.4, 0.5) is 0 Å². The largest absolute Gasteiger partial charge is 0.496 e. The molecule has 1 amide bonds. The van der Waals surface area contributed by atoms with Crippen LogP contribution < -0.4 is 10.1 Å². The van der Waals surface area contributed by atoms with E-state index in [0.29, 0.717) is 6.54 Å². The molecule has 0 spiro atoms. The number of amides is 1. The lowest BCUT2D eigenvalue weighted by atomic mass is 10.1. The van der Waals surface area contributed by atoms with Crippen molar-refractivity contribution in [2.45, 2.75) is 19.9 Å². The van der Waals surface area contributed by atoms with Crippen molar-refractivity contribution in [1.29, 1.82) is 0 Å². The molecule has 0 saturated heterocycles. The number of nitrogens with zero attached hydrogens (tertiary/aromatic N) is 1. The minimum Gasteiger partial charge on any atom is -0.496 e. The van der Waals surface area contributed by atoms with Gasteiger partial charge >= 0.3 is 0 Å². The topological polar surface area (TPSA) is 61.8 Å². The van der Waals surface area contributed by atoms with E-state index in [0.717, 1.165) is 17.9 Å². The number of rotatable bonds is 8. The van der Waals surface area contributed by atoms with Gasteiger partial charge in [0.15, 0.2) is 0 Å². The standard InChI is InChI=1S/C15H24N2O3/c1-4-17(9-10-18)11-15(19)16-12(2)13-7-5-6-8-14(13)20-3/h5-8,12,18H,4,9-11H2,1-3H3,(H,16,19).